The van der Waals surface area contributed by atoms with Gasteiger partial charge in [-0.25, -0.2) is 18.4 Å². The van der Waals surface area contributed by atoms with E-state index >= 15 is 0 Å². The lowest BCUT2D eigenvalue weighted by Crippen LogP contribution is -2.53. The summed E-state index contributed by atoms with van der Waals surface area (Å²) >= 11 is 0. The van der Waals surface area contributed by atoms with Crippen LogP contribution >= 0.6 is 0 Å². The fraction of sp³-hybridized carbons (Fsp3) is 0.778. The van der Waals surface area contributed by atoms with Crippen LogP contribution in [0.25, 0.3) is 0 Å². The highest BCUT2D eigenvalue weighted by molar-refractivity contribution is 5.77. The number of carbonyl (C=O) groups excluding carboxylic acids is 1. The van der Waals surface area contributed by atoms with E-state index in [1.807, 2.05) is 0 Å². The first-order chi connectivity index (χ1) is 8.74. The predicted octanol–water partition coefficient (Wildman–Crippen LogP) is 0.382. The van der Waals surface area contributed by atoms with Gasteiger partial charge in [0.15, 0.2) is 6.10 Å². The molecule has 0 radical (unpaired) electrons. The Morgan fingerprint density at radius 1 is 1.47 bits per heavy atom. The molecule has 1 aliphatic rings. The van der Waals surface area contributed by atoms with Crippen LogP contribution in [0, 0.1) is 0 Å². The number of ether oxygens (including phenoxy) is 1. The number of alkyl halides is 4. The zero-order chi connectivity index (χ0) is 14.6. The number of hydrogen-bond donors (Lipinski definition) is 2. The Kier molecular flexibility index (Phi) is 4.92. The normalized spacial score (nSPS) is 20.5. The molecule has 19 heavy (non-hydrogen) atoms. The minimum atomic E-state index is -4.33. The summed E-state index contributed by atoms with van der Waals surface area (Å²) in [7, 11) is 0. The Bertz CT molecular complexity index is 353. The van der Waals surface area contributed by atoms with Crippen LogP contribution in [0.5, 0.6) is 0 Å². The van der Waals surface area contributed by atoms with E-state index in [4.69, 9.17) is 9.84 Å². The second-order valence-corrected chi connectivity index (χ2v) is 3.86. The standard InChI is InChI=1S/C9H12F4N2O4/c10-7(11)9(12,13)4-14-8(18)15-1-2-19-5(3-15)6(16)17/h5,7H,1-4H2,(H,14,18)(H,16,17). The van der Waals surface area contributed by atoms with Gasteiger partial charge in [0.05, 0.1) is 19.7 Å². The van der Waals surface area contributed by atoms with Crippen molar-refractivity contribution >= 4 is 12.0 Å². The number of nitrogens with zero attached hydrogens (tertiary/aromatic N) is 1. The van der Waals surface area contributed by atoms with Gasteiger partial charge in [-0.05, 0) is 0 Å². The van der Waals surface area contributed by atoms with Crippen LogP contribution in [0.4, 0.5) is 22.4 Å². The molecular formula is C9H12F4N2O4. The maximum absolute atomic E-state index is 12.6. The maximum Gasteiger partial charge on any atom is 0.334 e. The van der Waals surface area contributed by atoms with Crippen molar-refractivity contribution in [2.75, 3.05) is 26.2 Å². The van der Waals surface area contributed by atoms with Crippen molar-refractivity contribution in [1.82, 2.24) is 10.2 Å². The van der Waals surface area contributed by atoms with E-state index in [1.165, 1.54) is 0 Å². The number of carboxylic acid groups (broad SMARTS) is 1. The fourth-order valence-corrected chi connectivity index (χ4v) is 1.37. The third-order valence-corrected chi connectivity index (χ3v) is 2.42. The second kappa shape index (κ2) is 6.04. The summed E-state index contributed by atoms with van der Waals surface area (Å²) in [6.45, 7) is -1.93. The van der Waals surface area contributed by atoms with Crippen LogP contribution in [0.15, 0.2) is 0 Å². The molecular weight excluding hydrogens is 276 g/mol. The van der Waals surface area contributed by atoms with Crippen LogP contribution in [-0.2, 0) is 9.53 Å². The SMILES string of the molecule is O=C(O)C1CN(C(=O)NCC(F)(F)C(F)F)CCO1. The second-order valence-electron chi connectivity index (χ2n) is 3.86. The van der Waals surface area contributed by atoms with Crippen molar-refractivity contribution in [3.05, 3.63) is 0 Å². The Hall–Kier alpha value is -1.58. The average molecular weight is 288 g/mol. The van der Waals surface area contributed by atoms with E-state index in [-0.39, 0.29) is 19.7 Å². The minimum Gasteiger partial charge on any atom is -0.479 e. The van der Waals surface area contributed by atoms with Crippen molar-refractivity contribution in [2.24, 2.45) is 0 Å². The topological polar surface area (TPSA) is 78.9 Å². The first kappa shape index (κ1) is 15.5. The third-order valence-electron chi connectivity index (χ3n) is 2.42. The number of halogens is 4. The summed E-state index contributed by atoms with van der Waals surface area (Å²) in [6.07, 6.45) is -5.14. The number of amides is 2. The summed E-state index contributed by atoms with van der Waals surface area (Å²) in [4.78, 5) is 23.0. The zero-order valence-electron chi connectivity index (χ0n) is 9.61. The van der Waals surface area contributed by atoms with Crippen molar-refractivity contribution in [1.29, 1.82) is 0 Å². The minimum absolute atomic E-state index is 0.00410. The molecule has 0 aromatic heterocycles. The highest BCUT2D eigenvalue weighted by Crippen LogP contribution is 2.21. The number of rotatable bonds is 4. The molecule has 110 valence electrons. The quantitative estimate of drug-likeness (QED) is 0.733. The zero-order valence-corrected chi connectivity index (χ0v) is 9.61. The van der Waals surface area contributed by atoms with Crippen LogP contribution in [0.3, 0.4) is 0 Å². The summed E-state index contributed by atoms with van der Waals surface area (Å²) in [5, 5.41) is 10.3. The van der Waals surface area contributed by atoms with Crippen LogP contribution in [0.2, 0.25) is 0 Å². The number of carbonyl (C=O) groups is 2. The van der Waals surface area contributed by atoms with Crippen LogP contribution in [-0.4, -0.2) is 66.7 Å². The molecule has 0 saturated carbocycles. The van der Waals surface area contributed by atoms with Gasteiger partial charge < -0.3 is 20.1 Å². The lowest BCUT2D eigenvalue weighted by Gasteiger charge is -2.31. The molecule has 2 N–H and O–H groups in total. The number of hydrogen-bond acceptors (Lipinski definition) is 3. The van der Waals surface area contributed by atoms with E-state index in [1.54, 1.807) is 5.32 Å². The van der Waals surface area contributed by atoms with E-state index in [2.05, 4.69) is 0 Å². The summed E-state index contributed by atoms with van der Waals surface area (Å²) < 4.78 is 53.7. The van der Waals surface area contributed by atoms with Crippen molar-refractivity contribution in [2.45, 2.75) is 18.5 Å². The van der Waals surface area contributed by atoms with E-state index in [0.29, 0.717) is 0 Å². The molecule has 0 spiro atoms. The first-order valence-corrected chi connectivity index (χ1v) is 5.27. The van der Waals surface area contributed by atoms with Gasteiger partial charge in [-0.1, -0.05) is 0 Å². The van der Waals surface area contributed by atoms with Gasteiger partial charge in [0, 0.05) is 6.54 Å². The molecule has 2 amide bonds. The van der Waals surface area contributed by atoms with Gasteiger partial charge >= 0.3 is 24.3 Å². The monoisotopic (exact) mass is 288 g/mol. The highest BCUT2D eigenvalue weighted by atomic mass is 19.3. The summed E-state index contributed by atoms with van der Waals surface area (Å²) in [5.74, 6) is -5.62. The van der Waals surface area contributed by atoms with Crippen LogP contribution < -0.4 is 5.32 Å². The first-order valence-electron chi connectivity index (χ1n) is 5.27. The van der Waals surface area contributed by atoms with E-state index in [0.717, 1.165) is 4.90 Å². The predicted molar refractivity (Wildman–Crippen MR) is 53.3 cm³/mol. The van der Waals surface area contributed by atoms with Gasteiger partial charge in [0.25, 0.3) is 0 Å². The largest absolute Gasteiger partial charge is 0.479 e. The molecule has 1 rings (SSSR count). The number of carboxylic acids is 1. The van der Waals surface area contributed by atoms with Gasteiger partial charge in [-0.2, -0.15) is 8.78 Å². The van der Waals surface area contributed by atoms with Gasteiger partial charge in [-0.15, -0.1) is 0 Å². The molecule has 10 heteroatoms. The van der Waals surface area contributed by atoms with Crippen LogP contribution in [0.1, 0.15) is 0 Å². The van der Waals surface area contributed by atoms with E-state index < -0.39 is 37.0 Å². The molecule has 1 aliphatic heterocycles. The lowest BCUT2D eigenvalue weighted by molar-refractivity contribution is -0.154. The molecule has 6 nitrogen and oxygen atoms in total. The highest BCUT2D eigenvalue weighted by Gasteiger charge is 2.41. The smallest absolute Gasteiger partial charge is 0.334 e. The van der Waals surface area contributed by atoms with Gasteiger partial charge in [0.1, 0.15) is 0 Å². The molecule has 1 saturated heterocycles. The molecule has 0 aromatic carbocycles. The molecule has 0 aliphatic carbocycles. The summed E-state index contributed by atoms with van der Waals surface area (Å²) in [6, 6.07) is -1.03. The molecule has 1 atom stereocenters. The molecule has 1 unspecified atom stereocenters. The maximum atomic E-state index is 12.6. The van der Waals surface area contributed by atoms with Crippen molar-refractivity contribution in [3.63, 3.8) is 0 Å². The fourth-order valence-electron chi connectivity index (χ4n) is 1.37. The Labute approximate surface area is 105 Å². The van der Waals surface area contributed by atoms with Crippen molar-refractivity contribution < 1.29 is 37.0 Å². The van der Waals surface area contributed by atoms with Gasteiger partial charge in [-0.3, -0.25) is 0 Å². The Morgan fingerprint density at radius 3 is 2.63 bits per heavy atom. The average Bonchev–Trinajstić information content (AvgIpc) is 2.36. The Morgan fingerprint density at radius 2 is 2.11 bits per heavy atom. The third kappa shape index (κ3) is 4.23. The number of aliphatic carboxylic acids is 1. The number of nitrogens with one attached hydrogen (secondary N) is 1. The van der Waals surface area contributed by atoms with Gasteiger partial charge in [0.2, 0.25) is 0 Å². The number of urea groups is 1. The number of morpholine rings is 1. The lowest BCUT2D eigenvalue weighted by atomic mass is 10.3. The van der Waals surface area contributed by atoms with E-state index in [9.17, 15) is 27.2 Å². The molecule has 0 aromatic rings. The Balaban J connectivity index is 2.47. The summed E-state index contributed by atoms with van der Waals surface area (Å²) in [5.41, 5.74) is 0. The molecule has 1 heterocycles. The molecule has 1 fully saturated rings. The molecule has 0 bridgehead atoms. The van der Waals surface area contributed by atoms with Crippen molar-refractivity contribution in [3.8, 4) is 0 Å².